The zero-order valence-corrected chi connectivity index (χ0v) is 18.0. The first-order chi connectivity index (χ1) is 14.2. The highest BCUT2D eigenvalue weighted by atomic mass is 16.2. The van der Waals surface area contributed by atoms with Crippen molar-refractivity contribution in [3.8, 4) is 0 Å². The van der Waals surface area contributed by atoms with E-state index in [0.717, 1.165) is 17.4 Å². The molecule has 1 aromatic heterocycles. The SMILES string of the molecule is CC(C)Cn1c(N)c(C(=O)CN2CCN(CC(=O)NC3CC3)CC2)c(=O)n(C)c1=O. The molecule has 2 heterocycles. The number of nitrogens with one attached hydrogen (secondary N) is 1. The molecule has 1 saturated carbocycles. The van der Waals surface area contributed by atoms with Gasteiger partial charge in [-0.1, -0.05) is 13.8 Å². The maximum atomic E-state index is 12.9. The molecule has 1 aliphatic carbocycles. The van der Waals surface area contributed by atoms with Crippen molar-refractivity contribution < 1.29 is 9.59 Å². The number of hydrogen-bond donors (Lipinski definition) is 2. The molecule has 0 bridgehead atoms. The summed E-state index contributed by atoms with van der Waals surface area (Å²) < 4.78 is 2.25. The van der Waals surface area contributed by atoms with Gasteiger partial charge in [0.05, 0.1) is 13.1 Å². The summed E-state index contributed by atoms with van der Waals surface area (Å²) in [6.07, 6.45) is 2.13. The van der Waals surface area contributed by atoms with E-state index in [2.05, 4.69) is 10.2 Å². The zero-order valence-electron chi connectivity index (χ0n) is 18.0. The smallest absolute Gasteiger partial charge is 0.332 e. The van der Waals surface area contributed by atoms with Crippen LogP contribution in [-0.4, -0.2) is 75.9 Å². The normalized spacial score (nSPS) is 18.0. The van der Waals surface area contributed by atoms with Crippen molar-refractivity contribution in [3.05, 3.63) is 26.4 Å². The van der Waals surface area contributed by atoms with Crippen molar-refractivity contribution in [3.63, 3.8) is 0 Å². The van der Waals surface area contributed by atoms with Gasteiger partial charge in [0.1, 0.15) is 11.4 Å². The van der Waals surface area contributed by atoms with Gasteiger partial charge in [-0.15, -0.1) is 0 Å². The Hall–Kier alpha value is -2.46. The molecule has 1 aliphatic heterocycles. The lowest BCUT2D eigenvalue weighted by Gasteiger charge is -2.33. The van der Waals surface area contributed by atoms with E-state index < -0.39 is 11.2 Å². The summed E-state index contributed by atoms with van der Waals surface area (Å²) in [6, 6.07) is 0.350. The number of hydrogen-bond acceptors (Lipinski definition) is 7. The van der Waals surface area contributed by atoms with Crippen LogP contribution in [0.5, 0.6) is 0 Å². The molecule has 10 heteroatoms. The highest BCUT2D eigenvalue weighted by Crippen LogP contribution is 2.18. The summed E-state index contributed by atoms with van der Waals surface area (Å²) in [5.74, 6) is -0.260. The molecule has 10 nitrogen and oxygen atoms in total. The highest BCUT2D eigenvalue weighted by Gasteiger charge is 2.27. The summed E-state index contributed by atoms with van der Waals surface area (Å²) in [4.78, 5) is 53.8. The fourth-order valence-corrected chi connectivity index (χ4v) is 3.68. The molecule has 3 rings (SSSR count). The fraction of sp³-hybridized carbons (Fsp3) is 0.700. The molecule has 0 radical (unpaired) electrons. The average Bonchev–Trinajstić information content (AvgIpc) is 3.49. The van der Waals surface area contributed by atoms with Crippen molar-refractivity contribution in [1.29, 1.82) is 0 Å². The summed E-state index contributed by atoms with van der Waals surface area (Å²) in [5, 5.41) is 2.98. The predicted octanol–water partition coefficient (Wildman–Crippen LogP) is -1.14. The summed E-state index contributed by atoms with van der Waals surface area (Å²) >= 11 is 0. The van der Waals surface area contributed by atoms with Gasteiger partial charge in [-0.25, -0.2) is 4.79 Å². The van der Waals surface area contributed by atoms with E-state index in [1.807, 2.05) is 18.7 Å². The van der Waals surface area contributed by atoms with Crippen molar-refractivity contribution in [2.45, 2.75) is 39.3 Å². The minimum atomic E-state index is -0.655. The lowest BCUT2D eigenvalue weighted by atomic mass is 10.1. The average molecular weight is 421 g/mol. The van der Waals surface area contributed by atoms with E-state index in [1.54, 1.807) is 0 Å². The summed E-state index contributed by atoms with van der Waals surface area (Å²) in [6.45, 7) is 7.21. The third kappa shape index (κ3) is 5.17. The van der Waals surface area contributed by atoms with E-state index >= 15 is 0 Å². The Balaban J connectivity index is 1.63. The lowest BCUT2D eigenvalue weighted by molar-refractivity contribution is -0.122. The predicted molar refractivity (Wildman–Crippen MR) is 114 cm³/mol. The van der Waals surface area contributed by atoms with Crippen molar-refractivity contribution in [1.82, 2.24) is 24.3 Å². The number of nitrogens with zero attached hydrogens (tertiary/aromatic N) is 4. The quantitative estimate of drug-likeness (QED) is 0.510. The van der Waals surface area contributed by atoms with Gasteiger partial charge in [0, 0.05) is 45.8 Å². The number of amides is 1. The third-order valence-electron chi connectivity index (χ3n) is 5.55. The molecule has 2 fully saturated rings. The van der Waals surface area contributed by atoms with Crippen LogP contribution >= 0.6 is 0 Å². The van der Waals surface area contributed by atoms with Gasteiger partial charge < -0.3 is 11.1 Å². The molecule has 1 amide bonds. The van der Waals surface area contributed by atoms with Gasteiger partial charge in [-0.05, 0) is 18.8 Å². The van der Waals surface area contributed by atoms with Gasteiger partial charge in [-0.3, -0.25) is 33.3 Å². The highest BCUT2D eigenvalue weighted by molar-refractivity contribution is 6.01. The Labute approximate surface area is 175 Å². The Morgan fingerprint density at radius 3 is 2.17 bits per heavy atom. The van der Waals surface area contributed by atoms with Crippen LogP contribution in [0.3, 0.4) is 0 Å². The first-order valence-corrected chi connectivity index (χ1v) is 10.5. The van der Waals surface area contributed by atoms with E-state index in [-0.39, 0.29) is 35.5 Å². The Kier molecular flexibility index (Phi) is 6.77. The number of aromatic nitrogens is 2. The van der Waals surface area contributed by atoms with Gasteiger partial charge in [0.2, 0.25) is 5.91 Å². The van der Waals surface area contributed by atoms with E-state index in [0.29, 0.717) is 45.3 Å². The fourth-order valence-electron chi connectivity index (χ4n) is 3.68. The number of nitrogen functional groups attached to an aromatic ring is 1. The molecule has 0 atom stereocenters. The molecule has 166 valence electrons. The Morgan fingerprint density at radius 1 is 1.07 bits per heavy atom. The number of carbonyl (C=O) groups is 2. The van der Waals surface area contributed by atoms with Crippen LogP contribution in [0, 0.1) is 5.92 Å². The van der Waals surface area contributed by atoms with Gasteiger partial charge >= 0.3 is 5.69 Å². The first kappa shape index (κ1) is 22.2. The minimum Gasteiger partial charge on any atom is -0.384 e. The first-order valence-electron chi connectivity index (χ1n) is 10.5. The molecular weight excluding hydrogens is 388 g/mol. The largest absolute Gasteiger partial charge is 0.384 e. The summed E-state index contributed by atoms with van der Waals surface area (Å²) in [5.41, 5.74) is 4.80. The topological polar surface area (TPSA) is 123 Å². The lowest BCUT2D eigenvalue weighted by Crippen LogP contribution is -2.51. The Morgan fingerprint density at radius 2 is 1.63 bits per heavy atom. The van der Waals surface area contributed by atoms with E-state index in [4.69, 9.17) is 5.73 Å². The van der Waals surface area contributed by atoms with Crippen molar-refractivity contribution in [2.24, 2.45) is 13.0 Å². The monoisotopic (exact) mass is 420 g/mol. The standard InChI is InChI=1S/C20H32N6O4/c1-13(2)10-26-18(21)17(19(29)23(3)20(26)30)15(27)11-24-6-8-25(9-7-24)12-16(28)22-14-4-5-14/h13-14H,4-12,21H2,1-3H3,(H,22,28). The van der Waals surface area contributed by atoms with Gasteiger partial charge in [-0.2, -0.15) is 0 Å². The molecule has 2 aliphatic rings. The second-order valence-electron chi connectivity index (χ2n) is 8.73. The number of rotatable bonds is 8. The van der Waals surface area contributed by atoms with Crippen LogP contribution in [0.1, 0.15) is 37.0 Å². The number of piperazine rings is 1. The molecule has 0 aromatic carbocycles. The second kappa shape index (κ2) is 9.13. The number of ketones is 1. The van der Waals surface area contributed by atoms with E-state index in [1.165, 1.54) is 11.6 Å². The van der Waals surface area contributed by atoms with Crippen LogP contribution in [-0.2, 0) is 18.4 Å². The third-order valence-corrected chi connectivity index (χ3v) is 5.55. The van der Waals surface area contributed by atoms with Crippen LogP contribution in [0.2, 0.25) is 0 Å². The molecule has 0 spiro atoms. The molecule has 0 unspecified atom stereocenters. The Bertz CT molecular complexity index is 922. The van der Waals surface area contributed by atoms with Gasteiger partial charge in [0.25, 0.3) is 5.56 Å². The molecule has 30 heavy (non-hydrogen) atoms. The molecule has 1 aromatic rings. The number of nitrogens with two attached hydrogens (primary N) is 1. The van der Waals surface area contributed by atoms with Crippen LogP contribution < -0.4 is 22.3 Å². The van der Waals surface area contributed by atoms with Crippen molar-refractivity contribution >= 4 is 17.5 Å². The number of anilines is 1. The van der Waals surface area contributed by atoms with E-state index in [9.17, 15) is 19.2 Å². The number of carbonyl (C=O) groups excluding carboxylic acids is 2. The maximum Gasteiger partial charge on any atom is 0.332 e. The van der Waals surface area contributed by atoms with Crippen LogP contribution in [0.4, 0.5) is 5.82 Å². The van der Waals surface area contributed by atoms with Gasteiger partial charge in [0.15, 0.2) is 5.78 Å². The number of Topliss-reactive ketones (excluding diaryl/α,β-unsaturated/α-hetero) is 1. The summed E-state index contributed by atoms with van der Waals surface area (Å²) in [7, 11) is 1.36. The van der Waals surface area contributed by atoms with Crippen LogP contribution in [0.25, 0.3) is 0 Å². The minimum absolute atomic E-state index is 0.0470. The van der Waals surface area contributed by atoms with Crippen molar-refractivity contribution in [2.75, 3.05) is 45.0 Å². The second-order valence-corrected chi connectivity index (χ2v) is 8.73. The molecule has 3 N–H and O–H groups in total. The molecule has 1 saturated heterocycles. The van der Waals surface area contributed by atoms with Crippen LogP contribution in [0.15, 0.2) is 9.59 Å². The zero-order chi connectivity index (χ0) is 22.0. The maximum absolute atomic E-state index is 12.9. The molecular formula is C20H32N6O4.